The van der Waals surface area contributed by atoms with Gasteiger partial charge < -0.3 is 5.32 Å². The zero-order valence-corrected chi connectivity index (χ0v) is 12.5. The molecule has 2 aromatic carbocycles. The summed E-state index contributed by atoms with van der Waals surface area (Å²) in [6, 6.07) is 13.4. The third kappa shape index (κ3) is 3.24. The lowest BCUT2D eigenvalue weighted by Crippen LogP contribution is -2.34. The highest BCUT2D eigenvalue weighted by Gasteiger charge is 2.22. The van der Waals surface area contributed by atoms with Gasteiger partial charge >= 0.3 is 0 Å². The van der Waals surface area contributed by atoms with Crippen LogP contribution in [0.4, 0.5) is 0 Å². The van der Waals surface area contributed by atoms with E-state index in [2.05, 4.69) is 11.4 Å². The summed E-state index contributed by atoms with van der Waals surface area (Å²) in [6.45, 7) is 1.79. The molecule has 0 radical (unpaired) electrons. The molecule has 0 saturated carbocycles. The number of rotatable bonds is 2. The minimum Gasteiger partial charge on any atom is -0.316 e. The molecule has 0 aromatic heterocycles. The molecular weight excluding hydrogens is 284 g/mol. The van der Waals surface area contributed by atoms with E-state index in [1.165, 1.54) is 0 Å². The molecule has 3 nitrogen and oxygen atoms in total. The van der Waals surface area contributed by atoms with Crippen LogP contribution in [0.2, 0.25) is 0 Å². The standard InChI is InChI=1S/C17H16N2O.ClH/c18-10-12-3-4-14-9-15(6-5-13(14)8-12)17(20)16-2-1-7-19-11-16;/h3-6,8-9,16,19H,1-2,7,11H2;1H. The summed E-state index contributed by atoms with van der Waals surface area (Å²) in [4.78, 5) is 12.5. The Morgan fingerprint density at radius 3 is 2.67 bits per heavy atom. The minimum atomic E-state index is 0. The van der Waals surface area contributed by atoms with Crippen molar-refractivity contribution in [3.63, 3.8) is 0 Å². The van der Waals surface area contributed by atoms with E-state index in [1.54, 1.807) is 6.07 Å². The van der Waals surface area contributed by atoms with Gasteiger partial charge in [0.25, 0.3) is 0 Å². The predicted octanol–water partition coefficient (Wildman–Crippen LogP) is 3.32. The van der Waals surface area contributed by atoms with E-state index in [-0.39, 0.29) is 24.1 Å². The number of fused-ring (bicyclic) bond motifs is 1. The van der Waals surface area contributed by atoms with Crippen LogP contribution in [0.5, 0.6) is 0 Å². The van der Waals surface area contributed by atoms with Gasteiger partial charge in [-0.05, 0) is 48.4 Å². The lowest BCUT2D eigenvalue weighted by atomic mass is 9.90. The molecule has 1 saturated heterocycles. The summed E-state index contributed by atoms with van der Waals surface area (Å²) in [5.74, 6) is 0.322. The van der Waals surface area contributed by atoms with Crippen molar-refractivity contribution < 1.29 is 4.79 Å². The third-order valence-corrected chi connectivity index (χ3v) is 3.92. The normalized spacial score (nSPS) is 17.8. The number of Topliss-reactive ketones (excluding diaryl/α,β-unsaturated/α-hetero) is 1. The Morgan fingerprint density at radius 1 is 1.19 bits per heavy atom. The Balaban J connectivity index is 0.00000161. The minimum absolute atomic E-state index is 0. The van der Waals surface area contributed by atoms with Crippen LogP contribution in [0.3, 0.4) is 0 Å². The molecule has 0 aliphatic carbocycles. The molecule has 108 valence electrons. The highest BCUT2D eigenvalue weighted by molar-refractivity contribution is 6.01. The second-order valence-electron chi connectivity index (χ2n) is 5.30. The van der Waals surface area contributed by atoms with E-state index in [0.29, 0.717) is 5.56 Å². The van der Waals surface area contributed by atoms with Crippen molar-refractivity contribution in [2.24, 2.45) is 5.92 Å². The molecule has 4 heteroatoms. The molecule has 1 heterocycles. The van der Waals surface area contributed by atoms with Crippen molar-refractivity contribution in [2.75, 3.05) is 13.1 Å². The van der Waals surface area contributed by atoms with Gasteiger partial charge in [0.2, 0.25) is 0 Å². The van der Waals surface area contributed by atoms with E-state index >= 15 is 0 Å². The molecular formula is C17H17ClN2O. The van der Waals surface area contributed by atoms with Gasteiger partial charge in [-0.3, -0.25) is 4.79 Å². The number of nitriles is 1. The number of carbonyl (C=O) groups is 1. The van der Waals surface area contributed by atoms with Gasteiger partial charge in [-0.2, -0.15) is 5.26 Å². The van der Waals surface area contributed by atoms with Crippen molar-refractivity contribution in [3.8, 4) is 6.07 Å². The zero-order valence-electron chi connectivity index (χ0n) is 11.6. The maximum absolute atomic E-state index is 12.5. The number of nitrogens with zero attached hydrogens (tertiary/aromatic N) is 1. The molecule has 0 bridgehead atoms. The molecule has 1 unspecified atom stereocenters. The van der Waals surface area contributed by atoms with Crippen LogP contribution in [0.1, 0.15) is 28.8 Å². The number of hydrogen-bond donors (Lipinski definition) is 1. The first-order chi connectivity index (χ1) is 9.78. The summed E-state index contributed by atoms with van der Waals surface area (Å²) in [7, 11) is 0. The van der Waals surface area contributed by atoms with Gasteiger partial charge in [0, 0.05) is 18.0 Å². The largest absolute Gasteiger partial charge is 0.316 e. The molecule has 1 fully saturated rings. The van der Waals surface area contributed by atoms with Crippen molar-refractivity contribution in [3.05, 3.63) is 47.5 Å². The lowest BCUT2D eigenvalue weighted by molar-refractivity contribution is 0.0900. The van der Waals surface area contributed by atoms with Crippen LogP contribution < -0.4 is 5.32 Å². The zero-order chi connectivity index (χ0) is 13.9. The molecule has 2 aromatic rings. The highest BCUT2D eigenvalue weighted by atomic mass is 35.5. The average Bonchev–Trinajstić information content (AvgIpc) is 2.54. The first-order valence-corrected chi connectivity index (χ1v) is 6.97. The van der Waals surface area contributed by atoms with Crippen LogP contribution in [0.25, 0.3) is 10.8 Å². The van der Waals surface area contributed by atoms with Gasteiger partial charge in [-0.1, -0.05) is 18.2 Å². The molecule has 21 heavy (non-hydrogen) atoms. The molecule has 1 aliphatic heterocycles. The fourth-order valence-corrected chi connectivity index (χ4v) is 2.78. The van der Waals surface area contributed by atoms with E-state index in [4.69, 9.17) is 5.26 Å². The van der Waals surface area contributed by atoms with Crippen LogP contribution in [0.15, 0.2) is 36.4 Å². The summed E-state index contributed by atoms with van der Waals surface area (Å²) in [5.41, 5.74) is 1.42. The molecule has 3 rings (SSSR count). The first kappa shape index (κ1) is 15.5. The number of ketones is 1. The Labute approximate surface area is 130 Å². The quantitative estimate of drug-likeness (QED) is 0.866. The SMILES string of the molecule is Cl.N#Cc1ccc2cc(C(=O)C3CCCNC3)ccc2c1. The van der Waals surface area contributed by atoms with E-state index in [0.717, 1.165) is 42.3 Å². The monoisotopic (exact) mass is 300 g/mol. The van der Waals surface area contributed by atoms with Crippen molar-refractivity contribution >= 4 is 29.0 Å². The summed E-state index contributed by atoms with van der Waals surface area (Å²) < 4.78 is 0. The van der Waals surface area contributed by atoms with E-state index in [9.17, 15) is 4.79 Å². The Hall–Kier alpha value is -1.89. The summed E-state index contributed by atoms with van der Waals surface area (Å²) in [6.07, 6.45) is 2.03. The van der Waals surface area contributed by atoms with Crippen LogP contribution in [0, 0.1) is 17.2 Å². The van der Waals surface area contributed by atoms with E-state index in [1.807, 2.05) is 30.3 Å². The summed E-state index contributed by atoms with van der Waals surface area (Å²) in [5, 5.41) is 14.2. The molecule has 1 N–H and O–H groups in total. The number of carbonyl (C=O) groups excluding carboxylic acids is 1. The van der Waals surface area contributed by atoms with Gasteiger partial charge in [-0.25, -0.2) is 0 Å². The van der Waals surface area contributed by atoms with Crippen LogP contribution in [-0.2, 0) is 0 Å². The van der Waals surface area contributed by atoms with Gasteiger partial charge in [0.05, 0.1) is 11.6 Å². The number of benzene rings is 2. The number of hydrogen-bond acceptors (Lipinski definition) is 3. The third-order valence-electron chi connectivity index (χ3n) is 3.92. The Bertz CT molecular complexity index is 699. The van der Waals surface area contributed by atoms with Gasteiger partial charge in [0.1, 0.15) is 0 Å². The number of piperidine rings is 1. The maximum atomic E-state index is 12.5. The predicted molar refractivity (Wildman–Crippen MR) is 85.8 cm³/mol. The van der Waals surface area contributed by atoms with Crippen molar-refractivity contribution in [1.29, 1.82) is 5.26 Å². The van der Waals surface area contributed by atoms with Gasteiger partial charge in [-0.15, -0.1) is 12.4 Å². The number of halogens is 1. The molecule has 1 aliphatic rings. The maximum Gasteiger partial charge on any atom is 0.167 e. The average molecular weight is 301 g/mol. The fourth-order valence-electron chi connectivity index (χ4n) is 2.78. The highest BCUT2D eigenvalue weighted by Crippen LogP contribution is 2.22. The lowest BCUT2D eigenvalue weighted by Gasteiger charge is -2.21. The second kappa shape index (κ2) is 6.71. The summed E-state index contributed by atoms with van der Waals surface area (Å²) >= 11 is 0. The Kier molecular flexibility index (Phi) is 4.95. The smallest absolute Gasteiger partial charge is 0.167 e. The van der Waals surface area contributed by atoms with E-state index < -0.39 is 0 Å². The Morgan fingerprint density at radius 2 is 1.95 bits per heavy atom. The fraction of sp³-hybridized carbons (Fsp3) is 0.294. The van der Waals surface area contributed by atoms with Crippen molar-refractivity contribution in [1.82, 2.24) is 5.32 Å². The first-order valence-electron chi connectivity index (χ1n) is 6.97. The van der Waals surface area contributed by atoms with Crippen molar-refractivity contribution in [2.45, 2.75) is 12.8 Å². The topological polar surface area (TPSA) is 52.9 Å². The van der Waals surface area contributed by atoms with Crippen LogP contribution >= 0.6 is 12.4 Å². The molecule has 0 amide bonds. The second-order valence-corrected chi connectivity index (χ2v) is 5.30. The molecule has 1 atom stereocenters. The number of nitrogens with one attached hydrogen (secondary N) is 1. The molecule has 0 spiro atoms. The van der Waals surface area contributed by atoms with Crippen LogP contribution in [-0.4, -0.2) is 18.9 Å². The van der Waals surface area contributed by atoms with Gasteiger partial charge in [0.15, 0.2) is 5.78 Å².